The molecular weight excluding hydrogens is 252 g/mol. The predicted octanol–water partition coefficient (Wildman–Crippen LogP) is 1.59. The monoisotopic (exact) mass is 276 g/mol. The van der Waals surface area contributed by atoms with E-state index in [-0.39, 0.29) is 5.91 Å². The highest BCUT2D eigenvalue weighted by Gasteiger charge is 2.19. The van der Waals surface area contributed by atoms with Gasteiger partial charge in [-0.05, 0) is 37.4 Å². The van der Waals surface area contributed by atoms with Crippen molar-refractivity contribution < 1.29 is 9.53 Å². The van der Waals surface area contributed by atoms with E-state index in [4.69, 9.17) is 4.74 Å². The topological polar surface area (TPSA) is 41.6 Å². The predicted molar refractivity (Wildman–Crippen MR) is 79.5 cm³/mol. The van der Waals surface area contributed by atoms with E-state index in [9.17, 15) is 4.79 Å². The van der Waals surface area contributed by atoms with Gasteiger partial charge in [0.15, 0.2) is 0 Å². The summed E-state index contributed by atoms with van der Waals surface area (Å²) >= 11 is 0. The van der Waals surface area contributed by atoms with Crippen molar-refractivity contribution in [2.45, 2.75) is 26.3 Å². The van der Waals surface area contributed by atoms with Crippen molar-refractivity contribution in [3.8, 4) is 0 Å². The number of carbonyl (C=O) groups excluding carboxylic acids is 1. The summed E-state index contributed by atoms with van der Waals surface area (Å²) in [7, 11) is 0. The second kappa shape index (κ2) is 8.02. The van der Waals surface area contributed by atoms with Gasteiger partial charge in [0.1, 0.15) is 0 Å². The van der Waals surface area contributed by atoms with E-state index < -0.39 is 0 Å². The van der Waals surface area contributed by atoms with Crippen molar-refractivity contribution in [1.82, 2.24) is 10.2 Å². The lowest BCUT2D eigenvalue weighted by Gasteiger charge is -2.29. The molecule has 0 radical (unpaired) electrons. The second-order valence-electron chi connectivity index (χ2n) is 5.06. The Bertz CT molecular complexity index is 434. The number of hydrogen-bond donors (Lipinski definition) is 1. The van der Waals surface area contributed by atoms with E-state index in [1.807, 2.05) is 17.9 Å². The molecule has 0 unspecified atom stereocenters. The molecule has 0 aliphatic carbocycles. The van der Waals surface area contributed by atoms with E-state index in [0.29, 0.717) is 6.54 Å². The molecule has 0 atom stereocenters. The average Bonchev–Trinajstić information content (AvgIpc) is 2.50. The number of benzene rings is 1. The maximum Gasteiger partial charge on any atom is 0.236 e. The molecule has 4 heteroatoms. The molecular formula is C16H24N2O2. The number of carbonyl (C=O) groups is 1. The third kappa shape index (κ3) is 4.32. The summed E-state index contributed by atoms with van der Waals surface area (Å²) in [6.45, 7) is 6.34. The van der Waals surface area contributed by atoms with E-state index in [1.165, 1.54) is 11.1 Å². The Morgan fingerprint density at radius 2 is 2.15 bits per heavy atom. The molecule has 110 valence electrons. The van der Waals surface area contributed by atoms with Gasteiger partial charge in [-0.25, -0.2) is 0 Å². The van der Waals surface area contributed by atoms with E-state index in [1.54, 1.807) is 0 Å². The van der Waals surface area contributed by atoms with Gasteiger partial charge in [-0.1, -0.05) is 24.3 Å². The summed E-state index contributed by atoms with van der Waals surface area (Å²) in [6.07, 6.45) is 1.91. The zero-order valence-electron chi connectivity index (χ0n) is 12.2. The first-order chi connectivity index (χ1) is 9.81. The summed E-state index contributed by atoms with van der Waals surface area (Å²) in [5.74, 6) is 0.191. The lowest BCUT2D eigenvalue weighted by atomic mass is 10.00. The highest BCUT2D eigenvalue weighted by Crippen LogP contribution is 2.18. The van der Waals surface area contributed by atoms with Gasteiger partial charge in [0, 0.05) is 26.3 Å². The molecule has 1 N–H and O–H groups in total. The van der Waals surface area contributed by atoms with Crippen molar-refractivity contribution in [3.05, 3.63) is 35.4 Å². The Morgan fingerprint density at radius 1 is 1.35 bits per heavy atom. The normalized spacial score (nSPS) is 14.2. The van der Waals surface area contributed by atoms with Crippen LogP contribution in [0.2, 0.25) is 0 Å². The summed E-state index contributed by atoms with van der Waals surface area (Å²) in [5, 5.41) is 3.19. The van der Waals surface area contributed by atoms with Crippen LogP contribution in [0.5, 0.6) is 0 Å². The fraction of sp³-hybridized carbons (Fsp3) is 0.562. The van der Waals surface area contributed by atoms with Crippen molar-refractivity contribution in [2.75, 3.05) is 32.8 Å². The van der Waals surface area contributed by atoms with Gasteiger partial charge in [0.25, 0.3) is 0 Å². The van der Waals surface area contributed by atoms with Crippen molar-refractivity contribution >= 4 is 5.91 Å². The second-order valence-corrected chi connectivity index (χ2v) is 5.06. The standard InChI is InChI=1S/C16H24N2O2/c1-2-20-11-5-9-17-12-16(19)18-10-8-14-6-3-4-7-15(14)13-18/h3-4,6-7,17H,2,5,8-13H2,1H3. The minimum atomic E-state index is 0.191. The number of nitrogens with one attached hydrogen (secondary N) is 1. The number of amides is 1. The largest absolute Gasteiger partial charge is 0.382 e. The third-order valence-electron chi connectivity index (χ3n) is 3.61. The fourth-order valence-corrected chi connectivity index (χ4v) is 2.46. The van der Waals surface area contributed by atoms with E-state index >= 15 is 0 Å². The van der Waals surface area contributed by atoms with Crippen LogP contribution in [0.15, 0.2) is 24.3 Å². The third-order valence-corrected chi connectivity index (χ3v) is 3.61. The number of nitrogens with zero attached hydrogens (tertiary/aromatic N) is 1. The molecule has 20 heavy (non-hydrogen) atoms. The van der Waals surface area contributed by atoms with Crippen molar-refractivity contribution in [2.24, 2.45) is 0 Å². The average molecular weight is 276 g/mol. The molecule has 0 bridgehead atoms. The number of ether oxygens (including phenoxy) is 1. The molecule has 0 spiro atoms. The molecule has 1 aliphatic rings. The first-order valence-corrected chi connectivity index (χ1v) is 7.44. The van der Waals surface area contributed by atoms with Gasteiger partial charge in [-0.3, -0.25) is 4.79 Å². The van der Waals surface area contributed by atoms with Gasteiger partial charge in [-0.2, -0.15) is 0 Å². The van der Waals surface area contributed by atoms with Crippen LogP contribution < -0.4 is 5.32 Å². The number of fused-ring (bicyclic) bond motifs is 1. The molecule has 0 aromatic heterocycles. The van der Waals surface area contributed by atoms with Crippen LogP contribution in [-0.2, 0) is 22.5 Å². The molecule has 0 fully saturated rings. The minimum Gasteiger partial charge on any atom is -0.382 e. The molecule has 1 amide bonds. The summed E-state index contributed by atoms with van der Waals surface area (Å²) in [4.78, 5) is 14.1. The number of rotatable bonds is 7. The highest BCUT2D eigenvalue weighted by molar-refractivity contribution is 5.78. The zero-order valence-corrected chi connectivity index (χ0v) is 12.2. The first kappa shape index (κ1) is 15.0. The van der Waals surface area contributed by atoms with Gasteiger partial charge >= 0.3 is 0 Å². The Kier molecular flexibility index (Phi) is 6.02. The SMILES string of the molecule is CCOCCCNCC(=O)N1CCc2ccccc2C1. The van der Waals surface area contributed by atoms with Gasteiger partial charge in [-0.15, -0.1) is 0 Å². The summed E-state index contributed by atoms with van der Waals surface area (Å²) in [5.41, 5.74) is 2.66. The van der Waals surface area contributed by atoms with Crippen LogP contribution in [-0.4, -0.2) is 43.7 Å². The van der Waals surface area contributed by atoms with Crippen LogP contribution in [0, 0.1) is 0 Å². The molecule has 1 aromatic rings. The van der Waals surface area contributed by atoms with Crippen LogP contribution in [0.3, 0.4) is 0 Å². The molecule has 2 rings (SSSR count). The maximum atomic E-state index is 12.1. The minimum absolute atomic E-state index is 0.191. The molecule has 0 saturated carbocycles. The quantitative estimate of drug-likeness (QED) is 0.769. The van der Waals surface area contributed by atoms with Crippen LogP contribution in [0.1, 0.15) is 24.5 Å². The van der Waals surface area contributed by atoms with Crippen LogP contribution in [0.25, 0.3) is 0 Å². The molecule has 4 nitrogen and oxygen atoms in total. The van der Waals surface area contributed by atoms with Gasteiger partial charge in [0.05, 0.1) is 6.54 Å². The fourth-order valence-electron chi connectivity index (χ4n) is 2.46. The van der Waals surface area contributed by atoms with Crippen LogP contribution >= 0.6 is 0 Å². The van der Waals surface area contributed by atoms with Gasteiger partial charge < -0.3 is 15.0 Å². The maximum absolute atomic E-state index is 12.1. The molecule has 0 saturated heterocycles. The summed E-state index contributed by atoms with van der Waals surface area (Å²) in [6, 6.07) is 8.38. The van der Waals surface area contributed by atoms with Gasteiger partial charge in [0.2, 0.25) is 5.91 Å². The Balaban J connectivity index is 1.69. The zero-order chi connectivity index (χ0) is 14.2. The van der Waals surface area contributed by atoms with E-state index in [0.717, 1.165) is 45.7 Å². The molecule has 1 heterocycles. The first-order valence-electron chi connectivity index (χ1n) is 7.44. The van der Waals surface area contributed by atoms with Crippen LogP contribution in [0.4, 0.5) is 0 Å². The van der Waals surface area contributed by atoms with E-state index in [2.05, 4.69) is 23.5 Å². The lowest BCUT2D eigenvalue weighted by molar-refractivity contribution is -0.131. The summed E-state index contributed by atoms with van der Waals surface area (Å²) < 4.78 is 5.26. The Hall–Kier alpha value is -1.39. The molecule has 1 aliphatic heterocycles. The molecule has 1 aromatic carbocycles. The Morgan fingerprint density at radius 3 is 2.95 bits per heavy atom. The smallest absolute Gasteiger partial charge is 0.236 e. The highest BCUT2D eigenvalue weighted by atomic mass is 16.5. The van der Waals surface area contributed by atoms with Crippen molar-refractivity contribution in [1.29, 1.82) is 0 Å². The number of hydrogen-bond acceptors (Lipinski definition) is 3. The Labute approximate surface area is 121 Å². The van der Waals surface area contributed by atoms with Crippen molar-refractivity contribution in [3.63, 3.8) is 0 Å². The lowest BCUT2D eigenvalue weighted by Crippen LogP contribution is -2.41.